The van der Waals surface area contributed by atoms with Crippen molar-refractivity contribution < 1.29 is 5.48 Å². The van der Waals surface area contributed by atoms with Gasteiger partial charge in [0.05, 0.1) is 6.20 Å². The Morgan fingerprint density at radius 2 is 1.89 bits per heavy atom. The van der Waals surface area contributed by atoms with Crippen LogP contribution in [0.2, 0.25) is 0 Å². The molecule has 7 nitrogen and oxygen atoms in total. The smallest absolute Gasteiger partial charge is 0.220 e. The highest BCUT2D eigenvalue weighted by Crippen LogP contribution is 2.24. The monoisotopic (exact) mass is 284 g/mol. The van der Waals surface area contributed by atoms with Crippen LogP contribution in [0.25, 0.3) is 11.1 Å². The van der Waals surface area contributed by atoms with Gasteiger partial charge in [0.2, 0.25) is 5.96 Å². The number of nitrogens with two attached hydrogens (primary N) is 1. The van der Waals surface area contributed by atoms with Crippen LogP contribution in [0.15, 0.2) is 30.7 Å². The van der Waals surface area contributed by atoms with Gasteiger partial charge in [-0.25, -0.2) is 0 Å². The third-order valence-corrected chi connectivity index (χ3v) is 2.42. The summed E-state index contributed by atoms with van der Waals surface area (Å²) in [5, 5.41) is 12.0. The maximum atomic E-state index is 7.84. The number of anilines is 1. The zero-order valence-corrected chi connectivity index (χ0v) is 11.5. The Morgan fingerprint density at radius 1 is 1.32 bits per heavy atom. The molecule has 0 aromatic carbocycles. The molecule has 0 fully saturated rings. The molecular formula is C11H17ClN6O. The van der Waals surface area contributed by atoms with E-state index >= 15 is 0 Å². The van der Waals surface area contributed by atoms with Crippen molar-refractivity contribution >= 4 is 24.2 Å². The summed E-state index contributed by atoms with van der Waals surface area (Å²) < 4.78 is 1.40. The predicted octanol–water partition coefficient (Wildman–Crippen LogP) is 0.469. The molecule has 0 aliphatic heterocycles. The third-order valence-electron chi connectivity index (χ3n) is 2.42. The van der Waals surface area contributed by atoms with Gasteiger partial charge in [-0.3, -0.25) is 10.4 Å². The van der Waals surface area contributed by atoms with Crippen molar-refractivity contribution in [2.45, 2.75) is 0 Å². The minimum absolute atomic E-state index is 0. The van der Waals surface area contributed by atoms with Gasteiger partial charge in [0, 0.05) is 32.1 Å². The van der Waals surface area contributed by atoms with Crippen molar-refractivity contribution in [3.63, 3.8) is 0 Å². The number of nitrogen functional groups attached to an aromatic ring is 1. The minimum Gasteiger partial charge on any atom is -0.412 e. The zero-order chi connectivity index (χ0) is 12.4. The Labute approximate surface area is 117 Å². The molecule has 2 aromatic heterocycles. The average Bonchev–Trinajstić information content (AvgIpc) is 2.71. The molecular weight excluding hydrogens is 268 g/mol. The summed E-state index contributed by atoms with van der Waals surface area (Å²) in [6.45, 7) is 0. The van der Waals surface area contributed by atoms with Crippen molar-refractivity contribution in [3.05, 3.63) is 30.7 Å². The molecule has 0 aliphatic carbocycles. The van der Waals surface area contributed by atoms with Crippen LogP contribution in [0.5, 0.6) is 0 Å². The van der Waals surface area contributed by atoms with Gasteiger partial charge in [0.15, 0.2) is 0 Å². The van der Waals surface area contributed by atoms with E-state index in [1.54, 1.807) is 37.6 Å². The van der Waals surface area contributed by atoms with Gasteiger partial charge in [-0.2, -0.15) is 9.78 Å². The van der Waals surface area contributed by atoms with Gasteiger partial charge in [-0.15, -0.1) is 12.4 Å². The number of nitrogens with zero attached hydrogens (tertiary/aromatic N) is 4. The molecule has 0 radical (unpaired) electrons. The van der Waals surface area contributed by atoms with E-state index in [0.29, 0.717) is 5.82 Å². The van der Waals surface area contributed by atoms with Gasteiger partial charge >= 0.3 is 0 Å². The second kappa shape index (κ2) is 6.72. The Hall–Kier alpha value is -2.12. The van der Waals surface area contributed by atoms with E-state index < -0.39 is 0 Å². The maximum Gasteiger partial charge on any atom is 0.220 e. The number of halogens is 1. The standard InChI is InChI=1S/C11H14N6.ClH.H2O/c1-16(2)11(13)17-10(12)9(7-15-17)8-3-5-14-6-4-8;;/h3-7,13H,12H2,1-2H3;1H;1H2. The quantitative estimate of drug-likeness (QED) is 0.585. The molecule has 5 N–H and O–H groups in total. The molecule has 2 heterocycles. The van der Waals surface area contributed by atoms with Crippen LogP contribution in [0, 0.1) is 5.41 Å². The highest BCUT2D eigenvalue weighted by molar-refractivity contribution is 5.86. The minimum atomic E-state index is 0. The number of nitrogens with one attached hydrogen (secondary N) is 1. The van der Waals surface area contributed by atoms with Gasteiger partial charge in [-0.1, -0.05) is 0 Å². The van der Waals surface area contributed by atoms with Crippen molar-refractivity contribution in [2.24, 2.45) is 0 Å². The first kappa shape index (κ1) is 16.9. The van der Waals surface area contributed by atoms with Crippen molar-refractivity contribution in [1.29, 1.82) is 5.41 Å². The first-order valence-corrected chi connectivity index (χ1v) is 5.11. The second-order valence-electron chi connectivity index (χ2n) is 3.81. The Bertz CT molecular complexity index is 539. The number of pyridine rings is 1. The zero-order valence-electron chi connectivity index (χ0n) is 10.7. The fourth-order valence-electron chi connectivity index (χ4n) is 1.47. The normalized spacial score (nSPS) is 9.16. The van der Waals surface area contributed by atoms with Crippen LogP contribution in [0.1, 0.15) is 0 Å². The third kappa shape index (κ3) is 3.21. The summed E-state index contributed by atoms with van der Waals surface area (Å²) in [6.07, 6.45) is 5.05. The average molecular weight is 285 g/mol. The summed E-state index contributed by atoms with van der Waals surface area (Å²) in [5.74, 6) is 0.678. The summed E-state index contributed by atoms with van der Waals surface area (Å²) in [7, 11) is 3.55. The number of hydrogen-bond donors (Lipinski definition) is 2. The summed E-state index contributed by atoms with van der Waals surface area (Å²) in [6, 6.07) is 3.72. The lowest BCUT2D eigenvalue weighted by Gasteiger charge is -2.14. The van der Waals surface area contributed by atoms with Gasteiger partial charge in [0.25, 0.3) is 0 Å². The van der Waals surface area contributed by atoms with E-state index in [2.05, 4.69) is 10.1 Å². The van der Waals surface area contributed by atoms with Crippen LogP contribution in [-0.4, -0.2) is 45.2 Å². The van der Waals surface area contributed by atoms with Crippen LogP contribution < -0.4 is 5.73 Å². The largest absolute Gasteiger partial charge is 0.412 e. The summed E-state index contributed by atoms with van der Waals surface area (Å²) in [4.78, 5) is 5.59. The SMILES string of the molecule is CN(C)C(=N)n1ncc(-c2ccncc2)c1N.Cl.O. The highest BCUT2D eigenvalue weighted by Gasteiger charge is 2.13. The molecule has 0 atom stereocenters. The topological polar surface area (TPSA) is 115 Å². The lowest BCUT2D eigenvalue weighted by Crippen LogP contribution is -2.29. The van der Waals surface area contributed by atoms with Crippen LogP contribution in [0.4, 0.5) is 5.82 Å². The molecule has 8 heteroatoms. The van der Waals surface area contributed by atoms with E-state index in [-0.39, 0.29) is 23.8 Å². The van der Waals surface area contributed by atoms with E-state index in [4.69, 9.17) is 11.1 Å². The Kier molecular flexibility index (Phi) is 5.97. The first-order valence-electron chi connectivity index (χ1n) is 5.11. The van der Waals surface area contributed by atoms with Crippen molar-refractivity contribution in [1.82, 2.24) is 19.7 Å². The number of hydrogen-bond acceptors (Lipinski definition) is 4. The number of rotatable bonds is 1. The van der Waals surface area contributed by atoms with Crippen LogP contribution in [-0.2, 0) is 0 Å². The fourth-order valence-corrected chi connectivity index (χ4v) is 1.47. The van der Waals surface area contributed by atoms with Crippen molar-refractivity contribution in [2.75, 3.05) is 19.8 Å². The lowest BCUT2D eigenvalue weighted by molar-refractivity contribution is 0.578. The molecule has 104 valence electrons. The predicted molar refractivity (Wildman–Crippen MR) is 77.5 cm³/mol. The highest BCUT2D eigenvalue weighted by atomic mass is 35.5. The molecule has 0 aliphatic rings. The summed E-state index contributed by atoms with van der Waals surface area (Å²) in [5.41, 5.74) is 7.73. The van der Waals surface area contributed by atoms with Crippen LogP contribution >= 0.6 is 12.4 Å². The first-order chi connectivity index (χ1) is 8.11. The molecule has 2 rings (SSSR count). The fraction of sp³-hybridized carbons (Fsp3) is 0.182. The van der Waals surface area contributed by atoms with Gasteiger partial charge in [-0.05, 0) is 17.7 Å². The molecule has 0 bridgehead atoms. The van der Waals surface area contributed by atoms with E-state index in [1.165, 1.54) is 4.68 Å². The van der Waals surface area contributed by atoms with Gasteiger partial charge in [0.1, 0.15) is 5.82 Å². The Balaban J connectivity index is 0.00000162. The van der Waals surface area contributed by atoms with Crippen molar-refractivity contribution in [3.8, 4) is 11.1 Å². The molecule has 0 amide bonds. The molecule has 0 spiro atoms. The number of aromatic nitrogens is 3. The molecule has 0 saturated heterocycles. The molecule has 19 heavy (non-hydrogen) atoms. The summed E-state index contributed by atoms with van der Waals surface area (Å²) >= 11 is 0. The molecule has 0 unspecified atom stereocenters. The van der Waals surface area contributed by atoms with E-state index in [0.717, 1.165) is 11.1 Å². The second-order valence-corrected chi connectivity index (χ2v) is 3.81. The van der Waals surface area contributed by atoms with E-state index in [1.807, 2.05) is 12.1 Å². The lowest BCUT2D eigenvalue weighted by atomic mass is 10.1. The van der Waals surface area contributed by atoms with E-state index in [9.17, 15) is 0 Å². The Morgan fingerprint density at radius 3 is 2.42 bits per heavy atom. The maximum absolute atomic E-state index is 7.84. The molecule has 2 aromatic rings. The molecule has 0 saturated carbocycles. The van der Waals surface area contributed by atoms with Crippen LogP contribution in [0.3, 0.4) is 0 Å². The van der Waals surface area contributed by atoms with Gasteiger partial charge < -0.3 is 16.1 Å².